The Kier molecular flexibility index (Phi) is 5.85. The Morgan fingerprint density at radius 1 is 1.32 bits per heavy atom. The number of para-hydroxylation sites is 1. The second kappa shape index (κ2) is 7.54. The van der Waals surface area contributed by atoms with Crippen molar-refractivity contribution < 1.29 is 4.79 Å². The van der Waals surface area contributed by atoms with Gasteiger partial charge in [-0.25, -0.2) is 4.68 Å². The zero-order chi connectivity index (χ0) is 17.3. The van der Waals surface area contributed by atoms with Crippen molar-refractivity contribution >= 4 is 18.3 Å². The van der Waals surface area contributed by atoms with Gasteiger partial charge in [0.25, 0.3) is 0 Å². The van der Waals surface area contributed by atoms with Crippen LogP contribution in [0, 0.1) is 12.3 Å². The Morgan fingerprint density at radius 3 is 2.64 bits per heavy atom. The second-order valence-electron chi connectivity index (χ2n) is 7.24. The van der Waals surface area contributed by atoms with E-state index in [2.05, 4.69) is 24.2 Å². The Bertz CT molecular complexity index is 728. The van der Waals surface area contributed by atoms with Crippen LogP contribution in [0.15, 0.2) is 30.3 Å². The SMILES string of the molecule is Cc1c(CC(=O)N2CCC(N)C(C)(C)C2)nnn1-c1ccccc1.Cl. The fraction of sp³-hybridized carbons (Fsp3) is 0.500. The highest BCUT2D eigenvalue weighted by molar-refractivity contribution is 5.85. The number of likely N-dealkylation sites (tertiary alicyclic amines) is 1. The van der Waals surface area contributed by atoms with Crippen LogP contribution >= 0.6 is 12.4 Å². The molecule has 0 bridgehead atoms. The molecule has 2 heterocycles. The van der Waals surface area contributed by atoms with Gasteiger partial charge in [-0.15, -0.1) is 17.5 Å². The van der Waals surface area contributed by atoms with Gasteiger partial charge in [-0.2, -0.15) is 0 Å². The molecule has 6 nitrogen and oxygen atoms in total. The van der Waals surface area contributed by atoms with Crippen LogP contribution in [0.3, 0.4) is 0 Å². The van der Waals surface area contributed by atoms with Crippen LogP contribution in [-0.4, -0.2) is 44.9 Å². The number of hydrogen-bond donors (Lipinski definition) is 1. The van der Waals surface area contributed by atoms with Crippen LogP contribution in [0.1, 0.15) is 31.7 Å². The maximum Gasteiger partial charge on any atom is 0.228 e. The van der Waals surface area contributed by atoms with Gasteiger partial charge >= 0.3 is 0 Å². The number of carbonyl (C=O) groups is 1. The van der Waals surface area contributed by atoms with Gasteiger partial charge in [0.2, 0.25) is 5.91 Å². The summed E-state index contributed by atoms with van der Waals surface area (Å²) < 4.78 is 1.78. The molecule has 1 unspecified atom stereocenters. The first-order chi connectivity index (χ1) is 11.4. The van der Waals surface area contributed by atoms with E-state index in [1.165, 1.54) is 0 Å². The standard InChI is InChI=1S/C18H25N5O.ClH/c1-13-15(20-21-23(13)14-7-5-4-6-8-14)11-17(24)22-10-9-16(19)18(2,3)12-22;/h4-8,16H,9-12,19H2,1-3H3;1H. The van der Waals surface area contributed by atoms with Gasteiger partial charge < -0.3 is 10.6 Å². The smallest absolute Gasteiger partial charge is 0.228 e. The molecule has 0 saturated carbocycles. The van der Waals surface area contributed by atoms with Crippen LogP contribution in [0.5, 0.6) is 0 Å². The normalized spacial score (nSPS) is 19.4. The van der Waals surface area contributed by atoms with Gasteiger partial charge in [0, 0.05) is 19.1 Å². The Labute approximate surface area is 154 Å². The van der Waals surface area contributed by atoms with Crippen molar-refractivity contribution in [1.82, 2.24) is 19.9 Å². The molecule has 1 saturated heterocycles. The maximum absolute atomic E-state index is 12.7. The number of nitrogens with two attached hydrogens (primary N) is 1. The van der Waals surface area contributed by atoms with E-state index in [4.69, 9.17) is 5.73 Å². The highest BCUT2D eigenvalue weighted by atomic mass is 35.5. The van der Waals surface area contributed by atoms with E-state index in [0.29, 0.717) is 6.54 Å². The Morgan fingerprint density at radius 2 is 2.00 bits per heavy atom. The highest BCUT2D eigenvalue weighted by Gasteiger charge is 2.35. The number of piperidine rings is 1. The van der Waals surface area contributed by atoms with Crippen molar-refractivity contribution in [2.45, 2.75) is 39.7 Å². The average molecular weight is 364 g/mol. The summed E-state index contributed by atoms with van der Waals surface area (Å²) >= 11 is 0. The second-order valence-corrected chi connectivity index (χ2v) is 7.24. The van der Waals surface area contributed by atoms with Gasteiger partial charge in [0.05, 0.1) is 23.5 Å². The summed E-state index contributed by atoms with van der Waals surface area (Å²) in [5.74, 6) is 0.0955. The third kappa shape index (κ3) is 4.02. The number of rotatable bonds is 3. The van der Waals surface area contributed by atoms with Gasteiger partial charge in [-0.3, -0.25) is 4.79 Å². The lowest BCUT2D eigenvalue weighted by atomic mass is 9.79. The largest absolute Gasteiger partial charge is 0.342 e. The summed E-state index contributed by atoms with van der Waals surface area (Å²) in [6.07, 6.45) is 1.12. The van der Waals surface area contributed by atoms with Crippen molar-refractivity contribution in [2.75, 3.05) is 13.1 Å². The van der Waals surface area contributed by atoms with Gasteiger partial charge in [0.1, 0.15) is 0 Å². The predicted molar refractivity (Wildman–Crippen MR) is 100 cm³/mol. The van der Waals surface area contributed by atoms with E-state index in [0.717, 1.165) is 30.0 Å². The van der Waals surface area contributed by atoms with Crippen LogP contribution in [0.25, 0.3) is 5.69 Å². The highest BCUT2D eigenvalue weighted by Crippen LogP contribution is 2.28. The molecule has 0 aliphatic carbocycles. The molecule has 25 heavy (non-hydrogen) atoms. The summed E-state index contributed by atoms with van der Waals surface area (Å²) in [6.45, 7) is 7.60. The Balaban J connectivity index is 0.00000225. The van der Waals surface area contributed by atoms with E-state index in [1.807, 2.05) is 42.2 Å². The van der Waals surface area contributed by atoms with E-state index in [9.17, 15) is 4.79 Å². The molecule has 0 spiro atoms. The molecule has 7 heteroatoms. The number of benzene rings is 1. The molecule has 1 fully saturated rings. The predicted octanol–water partition coefficient (Wildman–Crippen LogP) is 2.13. The topological polar surface area (TPSA) is 77.0 Å². The summed E-state index contributed by atoms with van der Waals surface area (Å²) in [7, 11) is 0. The zero-order valence-corrected chi connectivity index (χ0v) is 15.8. The quantitative estimate of drug-likeness (QED) is 0.906. The minimum absolute atomic E-state index is 0. The molecule has 1 amide bonds. The number of nitrogens with zero attached hydrogens (tertiary/aromatic N) is 4. The fourth-order valence-corrected chi connectivity index (χ4v) is 3.18. The lowest BCUT2D eigenvalue weighted by Gasteiger charge is -2.42. The molecule has 2 aromatic rings. The molecule has 2 N–H and O–H groups in total. The maximum atomic E-state index is 12.7. The third-order valence-corrected chi connectivity index (χ3v) is 4.97. The molecule has 136 valence electrons. The summed E-state index contributed by atoms with van der Waals surface area (Å²) in [5, 5.41) is 8.42. The summed E-state index contributed by atoms with van der Waals surface area (Å²) in [6, 6.07) is 9.97. The molecule has 1 aliphatic rings. The van der Waals surface area contributed by atoms with Gasteiger partial charge in [-0.1, -0.05) is 37.3 Å². The number of aromatic nitrogens is 3. The molecular formula is C18H26ClN5O. The molecule has 3 rings (SSSR count). The van der Waals surface area contributed by atoms with Crippen molar-refractivity contribution in [3.63, 3.8) is 0 Å². The van der Waals surface area contributed by atoms with Crippen LogP contribution in [-0.2, 0) is 11.2 Å². The minimum Gasteiger partial charge on any atom is -0.342 e. The molecule has 1 atom stereocenters. The van der Waals surface area contributed by atoms with E-state index < -0.39 is 0 Å². The van der Waals surface area contributed by atoms with E-state index in [-0.39, 0.29) is 36.2 Å². The number of amides is 1. The average Bonchev–Trinajstić information content (AvgIpc) is 2.91. The van der Waals surface area contributed by atoms with Crippen molar-refractivity contribution in [1.29, 1.82) is 0 Å². The lowest BCUT2D eigenvalue weighted by molar-refractivity contribution is -0.133. The Hall–Kier alpha value is -1.92. The van der Waals surface area contributed by atoms with Crippen molar-refractivity contribution in [3.8, 4) is 5.69 Å². The van der Waals surface area contributed by atoms with Crippen LogP contribution in [0.2, 0.25) is 0 Å². The number of carbonyl (C=O) groups excluding carboxylic acids is 1. The van der Waals surface area contributed by atoms with Crippen LogP contribution in [0.4, 0.5) is 0 Å². The monoisotopic (exact) mass is 363 g/mol. The first-order valence-corrected chi connectivity index (χ1v) is 8.38. The summed E-state index contributed by atoms with van der Waals surface area (Å²) in [5.41, 5.74) is 8.69. The molecule has 1 aromatic carbocycles. The molecule has 0 radical (unpaired) electrons. The number of hydrogen-bond acceptors (Lipinski definition) is 4. The fourth-order valence-electron chi connectivity index (χ4n) is 3.18. The minimum atomic E-state index is -0.0510. The zero-order valence-electron chi connectivity index (χ0n) is 15.0. The van der Waals surface area contributed by atoms with Crippen molar-refractivity contribution in [2.24, 2.45) is 11.1 Å². The lowest BCUT2D eigenvalue weighted by Crippen LogP contribution is -2.54. The molecule has 1 aliphatic heterocycles. The first-order valence-electron chi connectivity index (χ1n) is 8.38. The molecular weight excluding hydrogens is 338 g/mol. The van der Waals surface area contributed by atoms with Gasteiger partial charge in [0.15, 0.2) is 0 Å². The van der Waals surface area contributed by atoms with Gasteiger partial charge in [-0.05, 0) is 30.9 Å². The third-order valence-electron chi connectivity index (χ3n) is 4.97. The first kappa shape index (κ1) is 19.4. The van der Waals surface area contributed by atoms with Crippen LogP contribution < -0.4 is 5.73 Å². The number of halogens is 1. The van der Waals surface area contributed by atoms with E-state index >= 15 is 0 Å². The summed E-state index contributed by atoms with van der Waals surface area (Å²) in [4.78, 5) is 14.6. The molecule has 1 aromatic heterocycles. The van der Waals surface area contributed by atoms with E-state index in [1.54, 1.807) is 4.68 Å². The van der Waals surface area contributed by atoms with Crippen molar-refractivity contribution in [3.05, 3.63) is 41.7 Å².